The van der Waals surface area contributed by atoms with E-state index in [0.717, 1.165) is 16.7 Å². The number of nitrogens with one attached hydrogen (secondary N) is 3. The molecule has 1 heterocycles. The number of amidine groups is 1. The maximum Gasteiger partial charge on any atom is 0.144 e. The lowest BCUT2D eigenvalue weighted by atomic mass is 9.98. The van der Waals surface area contributed by atoms with Gasteiger partial charge in [-0.25, -0.2) is 9.37 Å². The van der Waals surface area contributed by atoms with Crippen molar-refractivity contribution in [3.63, 3.8) is 0 Å². The number of hydrogen-bond acceptors (Lipinski definition) is 6. The summed E-state index contributed by atoms with van der Waals surface area (Å²) in [6.45, 7) is 9.21. The average Bonchev–Trinajstić information content (AvgIpc) is 2.78. The molecule has 0 amide bonds. The fourth-order valence-corrected chi connectivity index (χ4v) is 2.99. The predicted molar refractivity (Wildman–Crippen MR) is 128 cm³/mol. The van der Waals surface area contributed by atoms with Gasteiger partial charge in [-0.3, -0.25) is 15.4 Å². The Morgan fingerprint density at radius 2 is 1.81 bits per heavy atom. The van der Waals surface area contributed by atoms with Crippen LogP contribution in [0.2, 0.25) is 0 Å². The number of aliphatic hydroxyl groups is 1. The quantitative estimate of drug-likeness (QED) is 0.348. The Labute approximate surface area is 189 Å². The van der Waals surface area contributed by atoms with Crippen molar-refractivity contribution in [2.75, 3.05) is 18.9 Å². The highest BCUT2D eigenvalue weighted by Gasteiger charge is 2.18. The molecule has 32 heavy (non-hydrogen) atoms. The topological polar surface area (TPSA) is 106 Å². The van der Waals surface area contributed by atoms with Crippen LogP contribution in [0.4, 0.5) is 10.2 Å². The van der Waals surface area contributed by atoms with Crippen molar-refractivity contribution in [1.29, 1.82) is 5.41 Å². The van der Waals surface area contributed by atoms with Crippen LogP contribution in [-0.2, 0) is 12.3 Å². The summed E-state index contributed by atoms with van der Waals surface area (Å²) in [5.74, 6) is 1.31. The Morgan fingerprint density at radius 1 is 1.16 bits per heavy atom. The molecule has 0 aliphatic heterocycles. The van der Waals surface area contributed by atoms with E-state index >= 15 is 0 Å². The Kier molecular flexibility index (Phi) is 8.60. The van der Waals surface area contributed by atoms with Gasteiger partial charge >= 0.3 is 0 Å². The van der Waals surface area contributed by atoms with Gasteiger partial charge in [0.2, 0.25) is 0 Å². The molecule has 0 saturated carbocycles. The van der Waals surface area contributed by atoms with Gasteiger partial charge in [0.1, 0.15) is 23.9 Å². The third-order valence-corrected chi connectivity index (χ3v) is 5.16. The molecule has 0 aliphatic carbocycles. The van der Waals surface area contributed by atoms with Crippen LogP contribution in [0.15, 0.2) is 52.8 Å². The number of aromatic nitrogens is 2. The molecule has 172 valence electrons. The van der Waals surface area contributed by atoms with E-state index in [0.29, 0.717) is 35.2 Å². The van der Waals surface area contributed by atoms with Crippen LogP contribution in [0.25, 0.3) is 0 Å². The van der Waals surface area contributed by atoms with Crippen LogP contribution in [0.5, 0.6) is 0 Å². The molecule has 8 heteroatoms. The molecule has 0 bridgehead atoms. The van der Waals surface area contributed by atoms with Crippen molar-refractivity contribution in [1.82, 2.24) is 15.3 Å². The summed E-state index contributed by atoms with van der Waals surface area (Å²) in [6.07, 6.45) is 3.16. The van der Waals surface area contributed by atoms with Gasteiger partial charge in [0, 0.05) is 19.6 Å². The predicted octanol–water partition coefficient (Wildman–Crippen LogP) is 4.00. The minimum Gasteiger partial charge on any atom is -0.384 e. The molecule has 7 nitrogen and oxygen atoms in total. The summed E-state index contributed by atoms with van der Waals surface area (Å²) < 4.78 is 12.7. The smallest absolute Gasteiger partial charge is 0.144 e. The van der Waals surface area contributed by atoms with Crippen LogP contribution in [0.1, 0.15) is 51.4 Å². The van der Waals surface area contributed by atoms with Gasteiger partial charge in [0.25, 0.3) is 0 Å². The number of halogens is 1. The van der Waals surface area contributed by atoms with Gasteiger partial charge < -0.3 is 15.7 Å². The van der Waals surface area contributed by atoms with Crippen molar-refractivity contribution in [2.45, 2.75) is 52.9 Å². The first kappa shape index (κ1) is 25.1. The van der Waals surface area contributed by atoms with Gasteiger partial charge in [0.05, 0.1) is 23.8 Å². The first-order chi connectivity index (χ1) is 15.1. The number of benzene rings is 1. The Bertz CT molecular complexity index is 975. The molecule has 0 fully saturated rings. The second-order valence-corrected chi connectivity index (χ2v) is 8.30. The van der Waals surface area contributed by atoms with Crippen molar-refractivity contribution < 1.29 is 9.50 Å². The molecular formula is C24H33FN6O. The van der Waals surface area contributed by atoms with Gasteiger partial charge in [-0.1, -0.05) is 24.3 Å². The first-order valence-electron chi connectivity index (χ1n) is 10.5. The van der Waals surface area contributed by atoms with E-state index in [4.69, 9.17) is 5.41 Å². The van der Waals surface area contributed by atoms with E-state index in [9.17, 15) is 9.50 Å². The number of anilines is 1. The van der Waals surface area contributed by atoms with Crippen molar-refractivity contribution in [3.05, 3.63) is 64.6 Å². The first-order valence-corrected chi connectivity index (χ1v) is 10.5. The van der Waals surface area contributed by atoms with E-state index in [2.05, 4.69) is 25.6 Å². The van der Waals surface area contributed by atoms with Gasteiger partial charge in [-0.15, -0.1) is 0 Å². The summed E-state index contributed by atoms with van der Waals surface area (Å²) in [4.78, 5) is 12.9. The van der Waals surface area contributed by atoms with Crippen molar-refractivity contribution >= 4 is 17.4 Å². The molecule has 1 atom stereocenters. The minimum absolute atomic E-state index is 0.0230. The maximum absolute atomic E-state index is 12.7. The molecule has 0 unspecified atom stereocenters. The summed E-state index contributed by atoms with van der Waals surface area (Å²) in [6, 6.07) is 6.95. The lowest BCUT2D eigenvalue weighted by Crippen LogP contribution is -2.36. The normalized spacial score (nSPS) is 13.9. The zero-order valence-corrected chi connectivity index (χ0v) is 19.6. The summed E-state index contributed by atoms with van der Waals surface area (Å²) in [5.41, 5.74) is 2.84. The molecule has 0 spiro atoms. The average molecular weight is 441 g/mol. The third-order valence-electron chi connectivity index (χ3n) is 5.16. The van der Waals surface area contributed by atoms with Gasteiger partial charge in [0.15, 0.2) is 0 Å². The number of hydrogen-bond donors (Lipinski definition) is 4. The van der Waals surface area contributed by atoms with E-state index in [1.165, 1.54) is 0 Å². The summed E-state index contributed by atoms with van der Waals surface area (Å²) >= 11 is 0. The second-order valence-electron chi connectivity index (χ2n) is 8.30. The molecule has 0 radical (unpaired) electrons. The number of nitrogens with zero attached hydrogens (tertiary/aromatic N) is 3. The molecular weight excluding hydrogens is 407 g/mol. The van der Waals surface area contributed by atoms with Crippen LogP contribution >= 0.6 is 0 Å². The fraction of sp³-hybridized carbons (Fsp3) is 0.417. The SMILES string of the molecule is CN=C(NC[C@@H](C)Nc1cnc(C(C)(C)O)cn1)/C(C)=C(/C)C(=N)c1ccc(CF)cc1. The Morgan fingerprint density at radius 3 is 2.31 bits per heavy atom. The van der Waals surface area contributed by atoms with E-state index in [-0.39, 0.29) is 6.04 Å². The number of rotatable bonds is 9. The highest BCUT2D eigenvalue weighted by atomic mass is 19.1. The maximum atomic E-state index is 12.7. The molecule has 2 rings (SSSR count). The largest absolute Gasteiger partial charge is 0.384 e. The molecule has 2 aromatic rings. The van der Waals surface area contributed by atoms with E-state index < -0.39 is 12.3 Å². The lowest BCUT2D eigenvalue weighted by molar-refractivity contribution is 0.0734. The Hall–Kier alpha value is -3.13. The third kappa shape index (κ3) is 6.68. The molecule has 4 N–H and O–H groups in total. The highest BCUT2D eigenvalue weighted by molar-refractivity contribution is 6.15. The highest BCUT2D eigenvalue weighted by Crippen LogP contribution is 2.17. The van der Waals surface area contributed by atoms with Crippen LogP contribution in [0, 0.1) is 5.41 Å². The van der Waals surface area contributed by atoms with E-state index in [1.807, 2.05) is 20.8 Å². The van der Waals surface area contributed by atoms with Gasteiger partial charge in [-0.05, 0) is 56.9 Å². The van der Waals surface area contributed by atoms with E-state index in [1.54, 1.807) is 57.6 Å². The molecule has 1 aromatic heterocycles. The minimum atomic E-state index is -1.03. The van der Waals surface area contributed by atoms with Crippen molar-refractivity contribution in [2.24, 2.45) is 4.99 Å². The van der Waals surface area contributed by atoms with Gasteiger partial charge in [-0.2, -0.15) is 0 Å². The fourth-order valence-electron chi connectivity index (χ4n) is 2.99. The zero-order chi connectivity index (χ0) is 23.9. The second kappa shape index (κ2) is 10.9. The lowest BCUT2D eigenvalue weighted by Gasteiger charge is -2.19. The van der Waals surface area contributed by atoms with Crippen LogP contribution in [-0.4, -0.2) is 46.3 Å². The monoisotopic (exact) mass is 440 g/mol. The molecule has 0 aliphatic rings. The Balaban J connectivity index is 2.01. The molecule has 0 saturated heterocycles. The summed E-state index contributed by atoms with van der Waals surface area (Å²) in [7, 11) is 1.71. The van der Waals surface area contributed by atoms with Crippen LogP contribution in [0.3, 0.4) is 0 Å². The number of alkyl halides is 1. The van der Waals surface area contributed by atoms with Crippen LogP contribution < -0.4 is 10.6 Å². The molecule has 1 aromatic carbocycles. The summed E-state index contributed by atoms with van der Waals surface area (Å²) in [5, 5.41) is 25.1. The number of aliphatic imine (C=N–C) groups is 1. The van der Waals surface area contributed by atoms with Crippen molar-refractivity contribution in [3.8, 4) is 0 Å². The zero-order valence-electron chi connectivity index (χ0n) is 19.6. The standard InChI is InChI=1S/C24H33FN6O/c1-15(31-21-14-28-20(13-29-21)24(4,5)32)12-30-23(27-6)17(3)16(2)22(26)19-9-7-18(11-25)8-10-19/h7-10,13-15,26,32H,11-12H2,1-6H3,(H,27,30)(H,29,31)/b17-16-,26-22?/t15-/m1/s1. The number of allylic oxidation sites excluding steroid dienone is 1.